The Morgan fingerprint density at radius 2 is 1.59 bits per heavy atom. The Labute approximate surface area is 170 Å². The van der Waals surface area contributed by atoms with Gasteiger partial charge in [-0.25, -0.2) is 0 Å². The number of nitrogens with one attached hydrogen (secondary N) is 2. The maximum absolute atomic E-state index is 12.6. The number of anilines is 1. The van der Waals surface area contributed by atoms with Crippen molar-refractivity contribution >= 4 is 23.6 Å². The van der Waals surface area contributed by atoms with Crippen LogP contribution in [0.25, 0.3) is 6.08 Å². The largest absolute Gasteiger partial charge is 0.497 e. The first kappa shape index (κ1) is 19.9. The van der Waals surface area contributed by atoms with Crippen LogP contribution in [0, 0.1) is 0 Å². The van der Waals surface area contributed by atoms with Gasteiger partial charge in [0.15, 0.2) is 0 Å². The quantitative estimate of drug-likeness (QED) is 0.596. The second kappa shape index (κ2) is 9.90. The number of para-hydroxylation sites is 1. The summed E-state index contributed by atoms with van der Waals surface area (Å²) in [7, 11) is 1.60. The number of methoxy groups -OCH3 is 1. The van der Waals surface area contributed by atoms with E-state index >= 15 is 0 Å². The minimum Gasteiger partial charge on any atom is -0.497 e. The van der Waals surface area contributed by atoms with Crippen molar-refractivity contribution in [3.05, 3.63) is 102 Å². The normalized spacial score (nSPS) is 10.5. The summed E-state index contributed by atoms with van der Waals surface area (Å²) < 4.78 is 5.12. The van der Waals surface area contributed by atoms with Gasteiger partial charge in [-0.05, 0) is 41.5 Å². The van der Waals surface area contributed by atoms with Gasteiger partial charge in [-0.3, -0.25) is 9.59 Å². The van der Waals surface area contributed by atoms with Crippen LogP contribution in [0.15, 0.2) is 84.9 Å². The SMILES string of the molecule is COc1ccc(/C=C/C(=O)Nc2ccccc2C(=O)NCc2ccccc2)cc1. The number of carbonyl (C=O) groups excluding carboxylic acids is 2. The van der Waals surface area contributed by atoms with Gasteiger partial charge >= 0.3 is 0 Å². The van der Waals surface area contributed by atoms with E-state index in [0.29, 0.717) is 17.8 Å². The molecule has 0 spiro atoms. The minimum absolute atomic E-state index is 0.246. The van der Waals surface area contributed by atoms with Gasteiger partial charge in [0, 0.05) is 12.6 Å². The Morgan fingerprint density at radius 1 is 0.897 bits per heavy atom. The highest BCUT2D eigenvalue weighted by atomic mass is 16.5. The summed E-state index contributed by atoms with van der Waals surface area (Å²) in [5, 5.41) is 5.65. The van der Waals surface area contributed by atoms with Crippen LogP contribution in [0.4, 0.5) is 5.69 Å². The number of hydrogen-bond donors (Lipinski definition) is 2. The summed E-state index contributed by atoms with van der Waals surface area (Å²) >= 11 is 0. The van der Waals surface area contributed by atoms with E-state index in [1.807, 2.05) is 54.6 Å². The molecule has 0 saturated heterocycles. The lowest BCUT2D eigenvalue weighted by Crippen LogP contribution is -2.24. The van der Waals surface area contributed by atoms with Gasteiger partial charge in [0.25, 0.3) is 5.91 Å². The average molecular weight is 386 g/mol. The molecule has 0 aliphatic carbocycles. The van der Waals surface area contributed by atoms with Crippen LogP contribution in [0.5, 0.6) is 5.75 Å². The molecule has 2 N–H and O–H groups in total. The zero-order valence-corrected chi connectivity index (χ0v) is 16.1. The van der Waals surface area contributed by atoms with Gasteiger partial charge in [0.05, 0.1) is 18.4 Å². The van der Waals surface area contributed by atoms with Gasteiger partial charge in [0.1, 0.15) is 5.75 Å². The van der Waals surface area contributed by atoms with Crippen molar-refractivity contribution in [1.29, 1.82) is 0 Å². The predicted octanol–water partition coefficient (Wildman–Crippen LogP) is 4.28. The lowest BCUT2D eigenvalue weighted by atomic mass is 10.1. The fraction of sp³-hybridized carbons (Fsp3) is 0.0833. The molecule has 0 unspecified atom stereocenters. The highest BCUT2D eigenvalue weighted by Crippen LogP contribution is 2.16. The average Bonchev–Trinajstić information content (AvgIpc) is 2.77. The van der Waals surface area contributed by atoms with E-state index in [1.165, 1.54) is 6.08 Å². The second-order valence-corrected chi connectivity index (χ2v) is 6.31. The highest BCUT2D eigenvalue weighted by molar-refractivity contribution is 6.07. The molecule has 0 aliphatic heterocycles. The Balaban J connectivity index is 1.63. The summed E-state index contributed by atoms with van der Waals surface area (Å²) in [5.41, 5.74) is 2.75. The van der Waals surface area contributed by atoms with E-state index < -0.39 is 0 Å². The zero-order valence-electron chi connectivity index (χ0n) is 16.1. The van der Waals surface area contributed by atoms with Crippen molar-refractivity contribution in [3.63, 3.8) is 0 Å². The lowest BCUT2D eigenvalue weighted by Gasteiger charge is -2.10. The highest BCUT2D eigenvalue weighted by Gasteiger charge is 2.12. The van der Waals surface area contributed by atoms with Gasteiger partial charge in [-0.1, -0.05) is 54.6 Å². The number of hydrogen-bond acceptors (Lipinski definition) is 3. The topological polar surface area (TPSA) is 67.4 Å². The van der Waals surface area contributed by atoms with Crippen molar-refractivity contribution in [2.75, 3.05) is 12.4 Å². The molecule has 3 aromatic carbocycles. The number of rotatable bonds is 7. The van der Waals surface area contributed by atoms with Crippen LogP contribution in [0.1, 0.15) is 21.5 Å². The molecular formula is C24H22N2O3. The van der Waals surface area contributed by atoms with Crippen LogP contribution in [0.3, 0.4) is 0 Å². The number of ether oxygens (including phenoxy) is 1. The maximum Gasteiger partial charge on any atom is 0.253 e. The molecule has 146 valence electrons. The van der Waals surface area contributed by atoms with Gasteiger partial charge in [0.2, 0.25) is 5.91 Å². The lowest BCUT2D eigenvalue weighted by molar-refractivity contribution is -0.111. The molecule has 0 fully saturated rings. The summed E-state index contributed by atoms with van der Waals surface area (Å²) in [4.78, 5) is 24.9. The molecule has 3 rings (SSSR count). The third-order valence-corrected chi connectivity index (χ3v) is 4.27. The summed E-state index contributed by atoms with van der Waals surface area (Å²) in [6.07, 6.45) is 3.13. The molecule has 0 saturated carbocycles. The summed E-state index contributed by atoms with van der Waals surface area (Å²) in [5.74, 6) is 0.190. The number of amides is 2. The second-order valence-electron chi connectivity index (χ2n) is 6.31. The Morgan fingerprint density at radius 3 is 2.31 bits per heavy atom. The molecule has 29 heavy (non-hydrogen) atoms. The van der Waals surface area contributed by atoms with E-state index in [-0.39, 0.29) is 11.8 Å². The minimum atomic E-state index is -0.316. The molecule has 5 heteroatoms. The van der Waals surface area contributed by atoms with Crippen molar-refractivity contribution in [2.24, 2.45) is 0 Å². The molecule has 3 aromatic rings. The first-order valence-electron chi connectivity index (χ1n) is 9.20. The monoisotopic (exact) mass is 386 g/mol. The van der Waals surface area contributed by atoms with Crippen LogP contribution in [0.2, 0.25) is 0 Å². The Kier molecular flexibility index (Phi) is 6.79. The number of carbonyl (C=O) groups is 2. The number of benzene rings is 3. The van der Waals surface area contributed by atoms with Gasteiger partial charge in [-0.2, -0.15) is 0 Å². The smallest absolute Gasteiger partial charge is 0.253 e. The van der Waals surface area contributed by atoms with Crippen LogP contribution in [-0.4, -0.2) is 18.9 Å². The van der Waals surface area contributed by atoms with E-state index in [0.717, 1.165) is 16.9 Å². The van der Waals surface area contributed by atoms with E-state index in [4.69, 9.17) is 4.74 Å². The van der Waals surface area contributed by atoms with Crippen molar-refractivity contribution in [3.8, 4) is 5.75 Å². The molecule has 0 bridgehead atoms. The third-order valence-electron chi connectivity index (χ3n) is 4.27. The van der Waals surface area contributed by atoms with Crippen LogP contribution in [-0.2, 0) is 11.3 Å². The summed E-state index contributed by atoms with van der Waals surface area (Å²) in [6, 6.07) is 23.9. The predicted molar refractivity (Wildman–Crippen MR) is 115 cm³/mol. The van der Waals surface area contributed by atoms with Crippen molar-refractivity contribution < 1.29 is 14.3 Å². The molecule has 0 aromatic heterocycles. The standard InChI is InChI=1S/C24H22N2O3/c1-29-20-14-11-18(12-15-20)13-16-23(27)26-22-10-6-5-9-21(22)24(28)25-17-19-7-3-2-4-8-19/h2-16H,17H2,1H3,(H,25,28)(H,26,27)/b16-13+. The van der Waals surface area contributed by atoms with E-state index in [1.54, 1.807) is 37.5 Å². The summed E-state index contributed by atoms with van der Waals surface area (Å²) in [6.45, 7) is 0.416. The molecule has 0 atom stereocenters. The van der Waals surface area contributed by atoms with E-state index in [9.17, 15) is 9.59 Å². The molecule has 2 amide bonds. The van der Waals surface area contributed by atoms with Crippen LogP contribution < -0.4 is 15.4 Å². The molecular weight excluding hydrogens is 364 g/mol. The Bertz CT molecular complexity index is 996. The molecule has 5 nitrogen and oxygen atoms in total. The van der Waals surface area contributed by atoms with Crippen LogP contribution >= 0.6 is 0 Å². The zero-order chi connectivity index (χ0) is 20.5. The first-order chi connectivity index (χ1) is 14.2. The maximum atomic E-state index is 12.6. The molecule has 0 radical (unpaired) electrons. The fourth-order valence-corrected chi connectivity index (χ4v) is 2.72. The van der Waals surface area contributed by atoms with Crippen molar-refractivity contribution in [2.45, 2.75) is 6.54 Å². The fourth-order valence-electron chi connectivity index (χ4n) is 2.72. The Hall–Kier alpha value is -3.86. The third kappa shape index (κ3) is 5.81. The van der Waals surface area contributed by atoms with Gasteiger partial charge in [-0.15, -0.1) is 0 Å². The first-order valence-corrected chi connectivity index (χ1v) is 9.20. The molecule has 0 aliphatic rings. The van der Waals surface area contributed by atoms with E-state index in [2.05, 4.69) is 10.6 Å². The molecule has 0 heterocycles. The van der Waals surface area contributed by atoms with Crippen molar-refractivity contribution in [1.82, 2.24) is 5.32 Å². The van der Waals surface area contributed by atoms with Gasteiger partial charge < -0.3 is 15.4 Å².